The average molecular weight is 531 g/mol. The first kappa shape index (κ1) is 21.4. The summed E-state index contributed by atoms with van der Waals surface area (Å²) in [5.41, 5.74) is 3.82. The lowest BCUT2D eigenvalue weighted by Crippen LogP contribution is -2.29. The van der Waals surface area contributed by atoms with Crippen LogP contribution in [-0.2, 0) is 10.0 Å². The van der Waals surface area contributed by atoms with Gasteiger partial charge in [0.15, 0.2) is 0 Å². The minimum Gasteiger partial charge on any atom is -0.378 e. The number of halogens is 1. The van der Waals surface area contributed by atoms with Gasteiger partial charge in [0, 0.05) is 21.5 Å². The monoisotopic (exact) mass is 530 g/mol. The second-order valence-corrected chi connectivity index (χ2v) is 11.4. The Hall–Kier alpha value is -3.09. The van der Waals surface area contributed by atoms with E-state index in [9.17, 15) is 8.42 Å². The topological polar surface area (TPSA) is 58.2 Å². The van der Waals surface area contributed by atoms with Crippen molar-refractivity contribution in [3.8, 4) is 0 Å². The average Bonchev–Trinajstić information content (AvgIpc) is 3.34. The zero-order chi connectivity index (χ0) is 23.3. The van der Waals surface area contributed by atoms with Gasteiger partial charge in [0.1, 0.15) is 0 Å². The van der Waals surface area contributed by atoms with Crippen molar-refractivity contribution >= 4 is 48.1 Å². The molecule has 0 saturated heterocycles. The fourth-order valence-corrected chi connectivity index (χ4v) is 6.94. The van der Waals surface area contributed by atoms with Crippen LogP contribution < -0.4 is 10.0 Å². The zero-order valence-corrected chi connectivity index (χ0v) is 20.7. The Morgan fingerprint density at radius 3 is 2.56 bits per heavy atom. The van der Waals surface area contributed by atoms with E-state index >= 15 is 0 Å². The van der Waals surface area contributed by atoms with Crippen LogP contribution >= 0.6 is 15.9 Å². The first-order valence-corrected chi connectivity index (χ1v) is 13.6. The number of hydrogen-bond donors (Lipinski definition) is 2. The lowest BCUT2D eigenvalue weighted by Gasteiger charge is -2.38. The van der Waals surface area contributed by atoms with Crippen LogP contribution in [0.25, 0.3) is 10.8 Å². The molecule has 0 bridgehead atoms. The number of nitrogens with one attached hydrogen (secondary N) is 2. The molecule has 2 N–H and O–H groups in total. The summed E-state index contributed by atoms with van der Waals surface area (Å²) in [4.78, 5) is 0.277. The molecule has 34 heavy (non-hydrogen) atoms. The number of benzene rings is 4. The van der Waals surface area contributed by atoms with Gasteiger partial charge >= 0.3 is 0 Å². The van der Waals surface area contributed by atoms with Crippen molar-refractivity contribution in [1.82, 2.24) is 0 Å². The molecule has 4 aromatic rings. The quantitative estimate of drug-likeness (QED) is 0.273. The van der Waals surface area contributed by atoms with Crippen LogP contribution in [0.1, 0.15) is 29.5 Å². The number of anilines is 2. The Balaban J connectivity index is 1.37. The Morgan fingerprint density at radius 2 is 1.68 bits per heavy atom. The van der Waals surface area contributed by atoms with Gasteiger partial charge in [0.25, 0.3) is 10.0 Å². The molecule has 6 rings (SSSR count). The summed E-state index contributed by atoms with van der Waals surface area (Å²) < 4.78 is 30.7. The molecule has 1 aliphatic heterocycles. The Bertz CT molecular complexity index is 1540. The summed E-state index contributed by atoms with van der Waals surface area (Å²) in [5, 5.41) is 5.57. The molecule has 0 unspecified atom stereocenters. The molecule has 0 fully saturated rings. The molecule has 0 spiro atoms. The second kappa shape index (κ2) is 8.29. The van der Waals surface area contributed by atoms with Crippen LogP contribution in [0, 0.1) is 5.92 Å². The maximum Gasteiger partial charge on any atom is 0.261 e. The minimum atomic E-state index is -3.75. The van der Waals surface area contributed by atoms with E-state index in [0.29, 0.717) is 11.6 Å². The molecule has 1 heterocycles. The standard InChI is InChI=1S/C28H23BrN2O2S/c29-25-13-4-3-10-23(25)28-22-12-6-11-21(22)24-17-19(15-16-26(24)30-28)34(32,33)31-27-14-5-8-18-7-1-2-9-20(18)27/h1-11,13-17,21-22,28,30-31H,12H2/t21-,22-,28-/m1/s1. The third-order valence-electron chi connectivity index (χ3n) is 6.92. The molecular formula is C28H23BrN2O2S. The molecule has 0 aromatic heterocycles. The lowest BCUT2D eigenvalue weighted by atomic mass is 9.77. The summed E-state index contributed by atoms with van der Waals surface area (Å²) in [5.74, 6) is 0.497. The summed E-state index contributed by atoms with van der Waals surface area (Å²) in [6.07, 6.45) is 5.39. The molecule has 3 atom stereocenters. The van der Waals surface area contributed by atoms with Crippen molar-refractivity contribution in [2.45, 2.75) is 23.3 Å². The van der Waals surface area contributed by atoms with Crippen LogP contribution in [0.4, 0.5) is 11.4 Å². The summed E-state index contributed by atoms with van der Waals surface area (Å²) >= 11 is 3.71. The molecule has 6 heteroatoms. The largest absolute Gasteiger partial charge is 0.378 e. The predicted molar refractivity (Wildman–Crippen MR) is 142 cm³/mol. The highest BCUT2D eigenvalue weighted by Gasteiger charge is 2.39. The molecule has 4 nitrogen and oxygen atoms in total. The summed E-state index contributed by atoms with van der Waals surface area (Å²) in [7, 11) is -3.75. The van der Waals surface area contributed by atoms with E-state index < -0.39 is 10.0 Å². The normalized spacial score (nSPS) is 21.0. The molecular weight excluding hydrogens is 508 g/mol. The van der Waals surface area contributed by atoms with Gasteiger partial charge < -0.3 is 5.32 Å². The van der Waals surface area contributed by atoms with Crippen LogP contribution in [0.15, 0.2) is 106 Å². The Kier molecular flexibility index (Phi) is 5.23. The minimum absolute atomic E-state index is 0.152. The Labute approximate surface area is 207 Å². The highest BCUT2D eigenvalue weighted by molar-refractivity contribution is 9.10. The van der Waals surface area contributed by atoms with E-state index in [1.165, 1.54) is 5.56 Å². The maximum absolute atomic E-state index is 13.4. The van der Waals surface area contributed by atoms with E-state index in [-0.39, 0.29) is 16.9 Å². The van der Waals surface area contributed by atoms with E-state index in [1.54, 1.807) is 12.1 Å². The van der Waals surface area contributed by atoms with Gasteiger partial charge in [-0.15, -0.1) is 0 Å². The maximum atomic E-state index is 13.4. The van der Waals surface area contributed by atoms with Crippen molar-refractivity contribution < 1.29 is 8.42 Å². The number of rotatable bonds is 4. The molecule has 0 amide bonds. The van der Waals surface area contributed by atoms with Crippen molar-refractivity contribution in [3.05, 3.63) is 113 Å². The van der Waals surface area contributed by atoms with Gasteiger partial charge in [-0.1, -0.05) is 82.7 Å². The fraction of sp³-hybridized carbons (Fsp3) is 0.143. The molecule has 170 valence electrons. The lowest BCUT2D eigenvalue weighted by molar-refractivity contribution is 0.424. The van der Waals surface area contributed by atoms with Gasteiger partial charge in [0.05, 0.1) is 16.6 Å². The van der Waals surface area contributed by atoms with Crippen molar-refractivity contribution in [1.29, 1.82) is 0 Å². The van der Waals surface area contributed by atoms with Crippen molar-refractivity contribution in [2.24, 2.45) is 5.92 Å². The summed E-state index contributed by atoms with van der Waals surface area (Å²) in [6.45, 7) is 0. The second-order valence-electron chi connectivity index (χ2n) is 8.88. The van der Waals surface area contributed by atoms with E-state index in [0.717, 1.165) is 32.9 Å². The first-order chi connectivity index (χ1) is 16.5. The molecule has 0 saturated carbocycles. The van der Waals surface area contributed by atoms with E-state index in [4.69, 9.17) is 0 Å². The third kappa shape index (κ3) is 3.62. The number of sulfonamides is 1. The van der Waals surface area contributed by atoms with Crippen molar-refractivity contribution in [2.75, 3.05) is 10.0 Å². The third-order valence-corrected chi connectivity index (χ3v) is 9.00. The number of fused-ring (bicyclic) bond motifs is 4. The Morgan fingerprint density at radius 1 is 0.882 bits per heavy atom. The zero-order valence-electron chi connectivity index (χ0n) is 18.3. The highest BCUT2D eigenvalue weighted by atomic mass is 79.9. The van der Waals surface area contributed by atoms with Crippen LogP contribution in [0.2, 0.25) is 0 Å². The SMILES string of the molecule is O=S(=O)(Nc1cccc2ccccc12)c1ccc2c(c1)[C@@H]1C=CC[C@H]1[C@H](c1ccccc1Br)N2. The fourth-order valence-electron chi connectivity index (χ4n) is 5.29. The molecule has 0 radical (unpaired) electrons. The van der Waals surface area contributed by atoms with E-state index in [2.05, 4.69) is 56.3 Å². The van der Waals surface area contributed by atoms with Crippen LogP contribution in [0.3, 0.4) is 0 Å². The molecule has 2 aliphatic rings. The molecule has 1 aliphatic carbocycles. The highest BCUT2D eigenvalue weighted by Crippen LogP contribution is 2.51. The smallest absolute Gasteiger partial charge is 0.261 e. The van der Waals surface area contributed by atoms with Crippen LogP contribution in [-0.4, -0.2) is 8.42 Å². The van der Waals surface area contributed by atoms with Crippen LogP contribution in [0.5, 0.6) is 0 Å². The number of allylic oxidation sites excluding steroid dienone is 2. The summed E-state index contributed by atoms with van der Waals surface area (Å²) in [6, 6.07) is 27.3. The van der Waals surface area contributed by atoms with Gasteiger partial charge in [-0.05, 0) is 59.2 Å². The number of hydrogen-bond acceptors (Lipinski definition) is 3. The van der Waals surface area contributed by atoms with Crippen molar-refractivity contribution in [3.63, 3.8) is 0 Å². The van der Waals surface area contributed by atoms with Gasteiger partial charge in [-0.25, -0.2) is 8.42 Å². The van der Waals surface area contributed by atoms with Gasteiger partial charge in [-0.2, -0.15) is 0 Å². The van der Waals surface area contributed by atoms with Gasteiger partial charge in [0.2, 0.25) is 0 Å². The molecule has 4 aromatic carbocycles. The van der Waals surface area contributed by atoms with E-state index in [1.807, 2.05) is 54.6 Å². The predicted octanol–water partition coefficient (Wildman–Crippen LogP) is 7.23. The first-order valence-electron chi connectivity index (χ1n) is 11.3. The van der Waals surface area contributed by atoms with Gasteiger partial charge in [-0.3, -0.25) is 4.72 Å².